The van der Waals surface area contributed by atoms with Gasteiger partial charge in [0.05, 0.1) is 11.1 Å². The van der Waals surface area contributed by atoms with Crippen LogP contribution in [0.25, 0.3) is 0 Å². The molecule has 2 aromatic rings. The van der Waals surface area contributed by atoms with Crippen LogP contribution in [-0.2, 0) is 11.0 Å². The molecule has 2 heterocycles. The van der Waals surface area contributed by atoms with E-state index in [4.69, 9.17) is 4.52 Å². The summed E-state index contributed by atoms with van der Waals surface area (Å²) in [4.78, 5) is 26.2. The summed E-state index contributed by atoms with van der Waals surface area (Å²) in [5.74, 6) is -0.381. The second-order valence-electron chi connectivity index (χ2n) is 6.42. The van der Waals surface area contributed by atoms with E-state index in [0.29, 0.717) is 24.4 Å². The highest BCUT2D eigenvalue weighted by Crippen LogP contribution is 2.33. The molecule has 6 nitrogen and oxygen atoms in total. The van der Waals surface area contributed by atoms with E-state index in [1.165, 1.54) is 23.1 Å². The number of benzene rings is 1. The highest BCUT2D eigenvalue weighted by Gasteiger charge is 2.37. The number of hydrogen-bond donors (Lipinski definition) is 1. The van der Waals surface area contributed by atoms with Crippen molar-refractivity contribution in [2.24, 2.45) is 5.92 Å². The molecule has 0 atom stereocenters. The molecule has 0 aliphatic carbocycles. The number of hydrogen-bond acceptors (Lipinski definition) is 4. The predicted octanol–water partition coefficient (Wildman–Crippen LogP) is 3.49. The van der Waals surface area contributed by atoms with E-state index >= 15 is 0 Å². The normalized spacial score (nSPS) is 15.6. The molecule has 3 rings (SSSR count). The first kappa shape index (κ1) is 18.9. The number of carbonyl (C=O) groups is 2. The SMILES string of the molecule is Cc1cc(NC(=O)C2CCN(C(=O)c3ccccc3C(F)(F)F)CC2)no1. The molecule has 9 heteroatoms. The Kier molecular flexibility index (Phi) is 5.20. The number of aryl methyl sites for hydroxylation is 1. The Labute approximate surface area is 153 Å². The van der Waals surface area contributed by atoms with Crippen molar-refractivity contribution >= 4 is 17.6 Å². The zero-order chi connectivity index (χ0) is 19.6. The van der Waals surface area contributed by atoms with Crippen molar-refractivity contribution < 1.29 is 27.3 Å². The Hall–Kier alpha value is -2.84. The van der Waals surface area contributed by atoms with Crippen LogP contribution in [0.1, 0.15) is 34.5 Å². The van der Waals surface area contributed by atoms with Crippen molar-refractivity contribution in [3.63, 3.8) is 0 Å². The number of rotatable bonds is 3. The first-order valence-corrected chi connectivity index (χ1v) is 8.45. The molecule has 1 aliphatic heterocycles. The van der Waals surface area contributed by atoms with Crippen LogP contribution in [0.15, 0.2) is 34.9 Å². The van der Waals surface area contributed by atoms with Crippen molar-refractivity contribution in [2.45, 2.75) is 25.9 Å². The summed E-state index contributed by atoms with van der Waals surface area (Å²) in [5.41, 5.74) is -1.32. The first-order valence-electron chi connectivity index (χ1n) is 8.45. The van der Waals surface area contributed by atoms with E-state index in [1.54, 1.807) is 13.0 Å². The van der Waals surface area contributed by atoms with Crippen LogP contribution in [-0.4, -0.2) is 35.0 Å². The molecular formula is C18H18F3N3O3. The van der Waals surface area contributed by atoms with Gasteiger partial charge in [-0.25, -0.2) is 0 Å². The summed E-state index contributed by atoms with van der Waals surface area (Å²) in [7, 11) is 0. The number of nitrogens with zero attached hydrogens (tertiary/aromatic N) is 2. The van der Waals surface area contributed by atoms with Crippen molar-refractivity contribution in [2.75, 3.05) is 18.4 Å². The summed E-state index contributed by atoms with van der Waals surface area (Å²) in [6.07, 6.45) is -3.87. The van der Waals surface area contributed by atoms with Crippen molar-refractivity contribution in [1.29, 1.82) is 0 Å². The molecule has 27 heavy (non-hydrogen) atoms. The van der Waals surface area contributed by atoms with Crippen LogP contribution in [0.4, 0.5) is 19.0 Å². The topological polar surface area (TPSA) is 75.4 Å². The molecule has 0 bridgehead atoms. The van der Waals surface area contributed by atoms with Gasteiger partial charge in [0.2, 0.25) is 5.91 Å². The van der Waals surface area contributed by atoms with Gasteiger partial charge < -0.3 is 14.7 Å². The van der Waals surface area contributed by atoms with Crippen LogP contribution >= 0.6 is 0 Å². The fraction of sp³-hybridized carbons (Fsp3) is 0.389. The molecule has 0 spiro atoms. The third-order valence-corrected chi connectivity index (χ3v) is 4.50. The van der Waals surface area contributed by atoms with Gasteiger partial charge in [-0.05, 0) is 31.9 Å². The van der Waals surface area contributed by atoms with Gasteiger partial charge in [0.15, 0.2) is 5.82 Å². The fourth-order valence-corrected chi connectivity index (χ4v) is 3.09. The number of halogens is 3. The fourth-order valence-electron chi connectivity index (χ4n) is 3.09. The lowest BCUT2D eigenvalue weighted by Crippen LogP contribution is -2.42. The lowest BCUT2D eigenvalue weighted by molar-refractivity contribution is -0.138. The second-order valence-corrected chi connectivity index (χ2v) is 6.42. The maximum absolute atomic E-state index is 13.1. The summed E-state index contributed by atoms with van der Waals surface area (Å²) in [6.45, 7) is 2.12. The Morgan fingerprint density at radius 3 is 2.48 bits per heavy atom. The molecule has 1 N–H and O–H groups in total. The highest BCUT2D eigenvalue weighted by molar-refractivity contribution is 5.96. The number of anilines is 1. The molecule has 0 unspecified atom stereocenters. The largest absolute Gasteiger partial charge is 0.417 e. The standard InChI is InChI=1S/C18H18F3N3O3/c1-11-10-15(23-27-11)22-16(25)12-6-8-24(9-7-12)17(26)13-4-2-3-5-14(13)18(19,20)21/h2-5,10,12H,6-9H2,1H3,(H,22,23,25). The van der Waals surface area contributed by atoms with Gasteiger partial charge in [-0.1, -0.05) is 17.3 Å². The van der Waals surface area contributed by atoms with Gasteiger partial charge in [-0.3, -0.25) is 9.59 Å². The number of alkyl halides is 3. The Balaban J connectivity index is 1.62. The molecule has 1 fully saturated rings. The summed E-state index contributed by atoms with van der Waals surface area (Å²) < 4.78 is 44.2. The molecule has 2 amide bonds. The minimum atomic E-state index is -4.60. The van der Waals surface area contributed by atoms with Gasteiger partial charge in [-0.2, -0.15) is 13.2 Å². The average molecular weight is 381 g/mol. The van der Waals surface area contributed by atoms with E-state index in [2.05, 4.69) is 10.5 Å². The van der Waals surface area contributed by atoms with Crippen molar-refractivity contribution in [3.05, 3.63) is 47.2 Å². The number of aromatic nitrogens is 1. The van der Waals surface area contributed by atoms with Gasteiger partial charge in [-0.15, -0.1) is 0 Å². The van der Waals surface area contributed by atoms with Gasteiger partial charge in [0.25, 0.3) is 5.91 Å². The maximum Gasteiger partial charge on any atom is 0.417 e. The van der Waals surface area contributed by atoms with E-state index in [-0.39, 0.29) is 30.5 Å². The van der Waals surface area contributed by atoms with E-state index < -0.39 is 17.6 Å². The van der Waals surface area contributed by atoms with Crippen LogP contribution < -0.4 is 5.32 Å². The molecule has 0 radical (unpaired) electrons. The van der Waals surface area contributed by atoms with Gasteiger partial charge in [0, 0.05) is 25.1 Å². The number of piperidine rings is 1. The van der Waals surface area contributed by atoms with Gasteiger partial charge >= 0.3 is 6.18 Å². The van der Waals surface area contributed by atoms with Crippen molar-refractivity contribution in [1.82, 2.24) is 10.1 Å². The number of carbonyl (C=O) groups excluding carboxylic acids is 2. The molecule has 0 saturated carbocycles. The van der Waals surface area contributed by atoms with Crippen LogP contribution in [0.3, 0.4) is 0 Å². The van der Waals surface area contributed by atoms with E-state index in [0.717, 1.165) is 6.07 Å². The minimum absolute atomic E-state index is 0.209. The summed E-state index contributed by atoms with van der Waals surface area (Å²) in [5, 5.41) is 6.33. The number of amides is 2. The molecule has 1 saturated heterocycles. The third-order valence-electron chi connectivity index (χ3n) is 4.50. The lowest BCUT2D eigenvalue weighted by Gasteiger charge is -2.31. The Morgan fingerprint density at radius 2 is 1.89 bits per heavy atom. The van der Waals surface area contributed by atoms with Crippen molar-refractivity contribution in [3.8, 4) is 0 Å². The highest BCUT2D eigenvalue weighted by atomic mass is 19.4. The first-order chi connectivity index (χ1) is 12.8. The average Bonchev–Trinajstić information content (AvgIpc) is 3.05. The van der Waals surface area contributed by atoms with E-state index in [9.17, 15) is 22.8 Å². The maximum atomic E-state index is 13.1. The lowest BCUT2D eigenvalue weighted by atomic mass is 9.95. The quantitative estimate of drug-likeness (QED) is 0.883. The predicted molar refractivity (Wildman–Crippen MR) is 89.9 cm³/mol. The Morgan fingerprint density at radius 1 is 1.22 bits per heavy atom. The Bertz CT molecular complexity index is 840. The molecule has 1 aliphatic rings. The summed E-state index contributed by atoms with van der Waals surface area (Å²) in [6, 6.07) is 6.32. The minimum Gasteiger partial charge on any atom is -0.360 e. The molecule has 1 aromatic heterocycles. The van der Waals surface area contributed by atoms with Crippen LogP contribution in [0, 0.1) is 12.8 Å². The van der Waals surface area contributed by atoms with Crippen LogP contribution in [0.2, 0.25) is 0 Å². The zero-order valence-corrected chi connectivity index (χ0v) is 14.5. The molecule has 144 valence electrons. The number of likely N-dealkylation sites (tertiary alicyclic amines) is 1. The molecular weight excluding hydrogens is 363 g/mol. The van der Waals surface area contributed by atoms with Gasteiger partial charge in [0.1, 0.15) is 5.76 Å². The van der Waals surface area contributed by atoms with E-state index in [1.807, 2.05) is 0 Å². The molecule has 1 aromatic carbocycles. The van der Waals surface area contributed by atoms with Crippen LogP contribution in [0.5, 0.6) is 0 Å². The second kappa shape index (κ2) is 7.42. The summed E-state index contributed by atoms with van der Waals surface area (Å²) >= 11 is 0. The zero-order valence-electron chi connectivity index (χ0n) is 14.5. The number of nitrogens with one attached hydrogen (secondary N) is 1. The third kappa shape index (κ3) is 4.29. The smallest absolute Gasteiger partial charge is 0.360 e. The monoisotopic (exact) mass is 381 g/mol.